The van der Waals surface area contributed by atoms with Gasteiger partial charge in [0.25, 0.3) is 0 Å². The maximum atomic E-state index is 5.99. The summed E-state index contributed by atoms with van der Waals surface area (Å²) >= 11 is 0. The van der Waals surface area contributed by atoms with Gasteiger partial charge in [-0.2, -0.15) is 0 Å². The molecule has 0 N–H and O–H groups in total. The molecular weight excluding hydrogens is 1280 g/mol. The predicted octanol–water partition coefficient (Wildman–Crippen LogP) is 18.2. The Labute approximate surface area is 595 Å². The van der Waals surface area contributed by atoms with E-state index < -0.39 is 0 Å². The molecule has 0 unspecified atom stereocenters. The van der Waals surface area contributed by atoms with E-state index in [9.17, 15) is 0 Å². The van der Waals surface area contributed by atoms with Crippen LogP contribution in [0.1, 0.15) is 25.7 Å². The Morgan fingerprint density at radius 3 is 0.853 bits per heavy atom. The van der Waals surface area contributed by atoms with E-state index in [0.29, 0.717) is 106 Å². The lowest BCUT2D eigenvalue weighted by Crippen LogP contribution is -2.13. The zero-order valence-corrected chi connectivity index (χ0v) is 57.3. The lowest BCUT2D eigenvalue weighted by molar-refractivity contribution is 0.0273. The summed E-state index contributed by atoms with van der Waals surface area (Å²) in [7, 11) is 0. The van der Waals surface area contributed by atoms with Crippen molar-refractivity contribution in [1.29, 1.82) is 0 Å². The van der Waals surface area contributed by atoms with Gasteiger partial charge in [0.1, 0.15) is 72.4 Å². The van der Waals surface area contributed by atoms with Gasteiger partial charge in [0.2, 0.25) is 0 Å². The van der Waals surface area contributed by atoms with Crippen molar-refractivity contribution in [1.82, 2.24) is 19.9 Å². The Morgan fingerprint density at radius 1 is 0.275 bits per heavy atom. The first-order chi connectivity index (χ1) is 50.5. The molecule has 0 aliphatic carbocycles. The molecule has 16 nitrogen and oxygen atoms in total. The van der Waals surface area contributed by atoms with Crippen LogP contribution in [0.2, 0.25) is 0 Å². The molecule has 0 atom stereocenters. The van der Waals surface area contributed by atoms with Crippen LogP contribution >= 0.6 is 0 Å². The first kappa shape index (κ1) is 70.7. The van der Waals surface area contributed by atoms with Crippen LogP contribution in [0.4, 0.5) is 0 Å². The number of ether oxygens (including phenoxy) is 12. The standard InChI is InChI=1S/C44H44N2O6.C42H40N2O6/c1-3-5-25-49-37-15-9-33(10-16-37)41-23-13-35-7-8-36-14-24-42(46-44(36)43(35)45-41)34-11-17-38(18-12-34)51-31-29-47-27-28-48-30-32-52-40-21-19-39(20-22-40)50-26-6-4-2;1-2-4-24-48-37-17-19-38(20-18-37)50-30-28-46-26-25-45-27-29-49-36-15-9-32(10-16-36)40-22-12-34-6-5-33-11-21-39(43-41(33)42(34)44-40)31-7-13-35(14-8-31)47-23-3-1/h3-4,7-24H,1-2,5-6,25-32H2;1-2,5-22H,3-4,23-30H2. The normalized spacial score (nSPS) is 13.1. The zero-order chi connectivity index (χ0) is 69.6. The monoisotopic (exact) mass is 1360 g/mol. The van der Waals surface area contributed by atoms with Crippen LogP contribution in [0.15, 0.2) is 256 Å². The minimum atomic E-state index is 0.440. The molecule has 0 amide bonds. The van der Waals surface area contributed by atoms with E-state index in [1.807, 2.05) is 164 Å². The van der Waals surface area contributed by atoms with E-state index in [2.05, 4.69) is 92.0 Å². The van der Waals surface area contributed by atoms with Crippen molar-refractivity contribution in [2.24, 2.45) is 0 Å². The molecule has 4 aliphatic heterocycles. The van der Waals surface area contributed by atoms with Gasteiger partial charge in [0.05, 0.1) is 124 Å². The first-order valence-electron chi connectivity index (χ1n) is 34.7. The van der Waals surface area contributed by atoms with Crippen LogP contribution < -0.4 is 37.9 Å². The lowest BCUT2D eigenvalue weighted by Gasteiger charge is -2.10. The third-order valence-corrected chi connectivity index (χ3v) is 16.5. The van der Waals surface area contributed by atoms with E-state index in [4.69, 9.17) is 76.8 Å². The summed E-state index contributed by atoms with van der Waals surface area (Å²) in [5, 5.41) is 4.17. The molecule has 10 bridgehead atoms. The van der Waals surface area contributed by atoms with Crippen LogP contribution in [0.5, 0.6) is 46.0 Å². The molecule has 12 aromatic rings. The fraction of sp³-hybridized carbons (Fsp3) is 0.233. The predicted molar refractivity (Wildman–Crippen MR) is 404 cm³/mol. The Bertz CT molecular complexity index is 4630. The summed E-state index contributed by atoms with van der Waals surface area (Å²) in [6.45, 7) is 15.5. The minimum Gasteiger partial charge on any atom is -0.493 e. The van der Waals surface area contributed by atoms with Gasteiger partial charge >= 0.3 is 0 Å². The maximum absolute atomic E-state index is 5.99. The highest BCUT2D eigenvalue weighted by molar-refractivity contribution is 6.05. The Morgan fingerprint density at radius 2 is 0.529 bits per heavy atom. The van der Waals surface area contributed by atoms with Gasteiger partial charge in [-0.05, 0) is 196 Å². The van der Waals surface area contributed by atoms with Crippen molar-refractivity contribution in [2.75, 3.05) is 106 Å². The topological polar surface area (TPSA) is 162 Å². The molecule has 4 aliphatic rings. The summed E-state index contributed by atoms with van der Waals surface area (Å²) in [6.07, 6.45) is 11.2. The maximum Gasteiger partial charge on any atom is 0.119 e. The van der Waals surface area contributed by atoms with E-state index in [1.165, 1.54) is 0 Å². The van der Waals surface area contributed by atoms with Gasteiger partial charge in [-0.15, -0.1) is 13.2 Å². The summed E-state index contributed by atoms with van der Waals surface area (Å²) in [5.74, 6) is 6.39. The fourth-order valence-electron chi connectivity index (χ4n) is 11.1. The third kappa shape index (κ3) is 20.7. The summed E-state index contributed by atoms with van der Waals surface area (Å²) < 4.78 is 69.1. The summed E-state index contributed by atoms with van der Waals surface area (Å²) in [6, 6.07) is 72.3. The van der Waals surface area contributed by atoms with Crippen molar-refractivity contribution in [2.45, 2.75) is 25.7 Å². The van der Waals surface area contributed by atoms with E-state index >= 15 is 0 Å². The second kappa shape index (κ2) is 37.9. The smallest absolute Gasteiger partial charge is 0.119 e. The number of hydrogen-bond acceptors (Lipinski definition) is 16. The average Bonchev–Trinajstić information content (AvgIpc) is 0.777. The molecular formula is C86H84N4O12. The second-order valence-corrected chi connectivity index (χ2v) is 23.7. The molecule has 4 aromatic heterocycles. The Balaban J connectivity index is 0.000000193. The van der Waals surface area contributed by atoms with Crippen LogP contribution in [-0.4, -0.2) is 126 Å². The second-order valence-electron chi connectivity index (χ2n) is 23.7. The average molecular weight is 1370 g/mol. The van der Waals surface area contributed by atoms with E-state index in [1.54, 1.807) is 0 Å². The number of hydrogen-bond donors (Lipinski definition) is 0. The number of pyridine rings is 4. The van der Waals surface area contributed by atoms with Crippen LogP contribution in [0.25, 0.3) is 88.6 Å². The molecule has 0 fully saturated rings. The molecule has 16 rings (SSSR count). The van der Waals surface area contributed by atoms with Crippen molar-refractivity contribution in [3.05, 3.63) is 256 Å². The number of benzene rings is 8. The first-order valence-corrected chi connectivity index (χ1v) is 34.7. The SMILES string of the molecule is C1=CCCOc2ccc(cc2)-c2ccc3ccc4ccc(nc4c3n2)-c2ccc(cc2)OCCOCCOCCOc2ccc(cc2)OCC1.C=CCCOc1ccc(OCCOCCOCCOc2ccc(-c3ccc4ccc5ccc(-c6ccc(OCCC=C)cc6)nc5c4n3)cc2)cc1. The molecule has 0 saturated carbocycles. The van der Waals surface area contributed by atoms with Gasteiger partial charge in [0, 0.05) is 43.8 Å². The highest BCUT2D eigenvalue weighted by atomic mass is 16.6. The lowest BCUT2D eigenvalue weighted by atomic mass is 10.1. The van der Waals surface area contributed by atoms with Crippen LogP contribution in [0.3, 0.4) is 0 Å². The van der Waals surface area contributed by atoms with E-state index in [0.717, 1.165) is 160 Å². The Hall–Kier alpha value is -11.1. The Kier molecular flexibility index (Phi) is 26.3. The summed E-state index contributed by atoms with van der Waals surface area (Å²) in [4.78, 5) is 20.3. The van der Waals surface area contributed by atoms with Gasteiger partial charge in [-0.25, -0.2) is 19.9 Å². The molecule has 0 radical (unpaired) electrons. The number of nitrogens with zero attached hydrogens (tertiary/aromatic N) is 4. The van der Waals surface area contributed by atoms with Crippen molar-refractivity contribution in [3.63, 3.8) is 0 Å². The fourth-order valence-corrected chi connectivity index (χ4v) is 11.1. The zero-order valence-electron chi connectivity index (χ0n) is 57.3. The van der Waals surface area contributed by atoms with Gasteiger partial charge in [-0.1, -0.05) is 72.8 Å². The van der Waals surface area contributed by atoms with Gasteiger partial charge in [-0.3, -0.25) is 0 Å². The van der Waals surface area contributed by atoms with Gasteiger partial charge < -0.3 is 56.8 Å². The minimum absolute atomic E-state index is 0.440. The summed E-state index contributed by atoms with van der Waals surface area (Å²) in [5.41, 5.74) is 11.0. The molecule has 8 aromatic carbocycles. The molecule has 102 heavy (non-hydrogen) atoms. The van der Waals surface area contributed by atoms with Crippen molar-refractivity contribution < 1.29 is 56.8 Å². The molecule has 8 heterocycles. The third-order valence-electron chi connectivity index (χ3n) is 16.5. The quantitative estimate of drug-likeness (QED) is 0.0379. The largest absolute Gasteiger partial charge is 0.493 e. The van der Waals surface area contributed by atoms with Crippen molar-refractivity contribution in [3.8, 4) is 91.0 Å². The number of fused-ring (bicyclic) bond motifs is 6. The molecule has 520 valence electrons. The highest BCUT2D eigenvalue weighted by Gasteiger charge is 2.13. The number of aromatic nitrogens is 4. The number of rotatable bonds is 21. The highest BCUT2D eigenvalue weighted by Crippen LogP contribution is 2.33. The van der Waals surface area contributed by atoms with Crippen LogP contribution in [-0.2, 0) is 18.9 Å². The van der Waals surface area contributed by atoms with Crippen LogP contribution in [0, 0.1) is 0 Å². The molecule has 0 saturated heterocycles. The van der Waals surface area contributed by atoms with Crippen molar-refractivity contribution >= 4 is 43.6 Å². The molecule has 0 spiro atoms. The van der Waals surface area contributed by atoms with E-state index in [-0.39, 0.29) is 0 Å². The molecule has 16 heteroatoms. The van der Waals surface area contributed by atoms with Gasteiger partial charge in [0.15, 0.2) is 0 Å².